The highest BCUT2D eigenvalue weighted by atomic mass is 16.5. The van der Waals surface area contributed by atoms with Crippen molar-refractivity contribution in [1.29, 1.82) is 0 Å². The molecule has 0 aromatic heterocycles. The van der Waals surface area contributed by atoms with Gasteiger partial charge in [-0.05, 0) is 45.3 Å². The van der Waals surface area contributed by atoms with Gasteiger partial charge in [0.05, 0.1) is 0 Å². The predicted molar refractivity (Wildman–Crippen MR) is 88.4 cm³/mol. The van der Waals surface area contributed by atoms with Crippen LogP contribution in [0.3, 0.4) is 0 Å². The van der Waals surface area contributed by atoms with Crippen LogP contribution in [0.15, 0.2) is 35.5 Å². The molecule has 1 atom stereocenters. The maximum absolute atomic E-state index is 11.2. The largest absolute Gasteiger partial charge is 0.461 e. The minimum atomic E-state index is -0.368. The lowest BCUT2D eigenvalue weighted by atomic mass is 10.0. The standard InChI is InChI=1S/C18H28O4/c1-13(2)8-7-9-14(3)10-18(22-17(6)20)11-15(4)12-21-16(5)19/h8,10,18H,4,7,9,11-12H2,1-3,5-6H3. The number of rotatable bonds is 9. The second-order valence-electron chi connectivity index (χ2n) is 5.72. The van der Waals surface area contributed by atoms with E-state index in [1.807, 2.05) is 13.0 Å². The molecule has 0 aliphatic rings. The second kappa shape index (κ2) is 10.8. The molecular weight excluding hydrogens is 280 g/mol. The van der Waals surface area contributed by atoms with E-state index in [1.165, 1.54) is 19.4 Å². The van der Waals surface area contributed by atoms with E-state index in [9.17, 15) is 9.59 Å². The maximum atomic E-state index is 11.2. The second-order valence-corrected chi connectivity index (χ2v) is 5.72. The van der Waals surface area contributed by atoms with Crippen LogP contribution in [0.2, 0.25) is 0 Å². The topological polar surface area (TPSA) is 52.6 Å². The molecule has 4 heteroatoms. The molecule has 1 unspecified atom stereocenters. The van der Waals surface area contributed by atoms with E-state index in [4.69, 9.17) is 9.47 Å². The van der Waals surface area contributed by atoms with Crippen LogP contribution in [-0.2, 0) is 19.1 Å². The summed E-state index contributed by atoms with van der Waals surface area (Å²) in [5.41, 5.74) is 3.16. The molecule has 4 nitrogen and oxygen atoms in total. The van der Waals surface area contributed by atoms with Crippen molar-refractivity contribution in [2.75, 3.05) is 6.61 Å². The Bertz CT molecular complexity index is 454. The number of carbonyl (C=O) groups is 2. The minimum absolute atomic E-state index is 0.151. The minimum Gasteiger partial charge on any atom is -0.461 e. The van der Waals surface area contributed by atoms with Gasteiger partial charge in [0.15, 0.2) is 0 Å². The van der Waals surface area contributed by atoms with Gasteiger partial charge in [-0.1, -0.05) is 23.8 Å². The number of ether oxygens (including phenoxy) is 2. The molecule has 0 N–H and O–H groups in total. The highest BCUT2D eigenvalue weighted by molar-refractivity contribution is 5.66. The number of esters is 2. The Morgan fingerprint density at radius 3 is 2.23 bits per heavy atom. The van der Waals surface area contributed by atoms with Gasteiger partial charge >= 0.3 is 11.9 Å². The molecule has 0 aromatic rings. The highest BCUT2D eigenvalue weighted by Gasteiger charge is 2.12. The first-order chi connectivity index (χ1) is 10.2. The third kappa shape index (κ3) is 11.9. The molecule has 0 spiro atoms. The molecule has 0 saturated carbocycles. The van der Waals surface area contributed by atoms with Crippen molar-refractivity contribution in [1.82, 2.24) is 0 Å². The number of hydrogen-bond donors (Lipinski definition) is 0. The van der Waals surface area contributed by atoms with Crippen LogP contribution in [0.1, 0.15) is 53.9 Å². The fourth-order valence-electron chi connectivity index (χ4n) is 1.88. The summed E-state index contributed by atoms with van der Waals surface area (Å²) in [7, 11) is 0. The van der Waals surface area contributed by atoms with Crippen LogP contribution in [-0.4, -0.2) is 24.6 Å². The Balaban J connectivity index is 4.61. The zero-order valence-corrected chi connectivity index (χ0v) is 14.4. The molecule has 22 heavy (non-hydrogen) atoms. The van der Waals surface area contributed by atoms with Crippen LogP contribution in [0, 0.1) is 0 Å². The molecule has 0 radical (unpaired) electrons. The predicted octanol–water partition coefficient (Wildman–Crippen LogP) is 4.12. The summed E-state index contributed by atoms with van der Waals surface area (Å²) in [5.74, 6) is -0.683. The zero-order valence-electron chi connectivity index (χ0n) is 14.4. The van der Waals surface area contributed by atoms with Crippen molar-refractivity contribution in [3.05, 3.63) is 35.5 Å². The first kappa shape index (κ1) is 20.2. The van der Waals surface area contributed by atoms with Gasteiger partial charge in [-0.25, -0.2) is 0 Å². The number of hydrogen-bond acceptors (Lipinski definition) is 4. The van der Waals surface area contributed by atoms with E-state index in [1.54, 1.807) is 0 Å². The van der Waals surface area contributed by atoms with Crippen LogP contribution in [0.4, 0.5) is 0 Å². The molecule has 124 valence electrons. The average Bonchev–Trinajstić information content (AvgIpc) is 2.34. The van der Waals surface area contributed by atoms with Crippen molar-refractivity contribution >= 4 is 11.9 Å². The van der Waals surface area contributed by atoms with E-state index >= 15 is 0 Å². The quantitative estimate of drug-likeness (QED) is 0.475. The Morgan fingerprint density at radius 1 is 1.09 bits per heavy atom. The summed E-state index contributed by atoms with van der Waals surface area (Å²) in [6, 6.07) is 0. The Hall–Kier alpha value is -1.84. The van der Waals surface area contributed by atoms with Crippen molar-refractivity contribution in [2.45, 2.75) is 60.0 Å². The fourth-order valence-corrected chi connectivity index (χ4v) is 1.88. The third-order valence-corrected chi connectivity index (χ3v) is 2.85. The van der Waals surface area contributed by atoms with Crippen molar-refractivity contribution < 1.29 is 19.1 Å². The Labute approximate surface area is 133 Å². The third-order valence-electron chi connectivity index (χ3n) is 2.85. The summed E-state index contributed by atoms with van der Waals surface area (Å²) in [6.45, 7) is 12.9. The molecule has 0 amide bonds. The molecule has 0 rings (SSSR count). The summed E-state index contributed by atoms with van der Waals surface area (Å²) < 4.78 is 10.2. The van der Waals surface area contributed by atoms with Gasteiger partial charge in [0.1, 0.15) is 12.7 Å². The molecule has 0 heterocycles. The monoisotopic (exact) mass is 308 g/mol. The lowest BCUT2D eigenvalue weighted by Gasteiger charge is -2.16. The fraction of sp³-hybridized carbons (Fsp3) is 0.556. The maximum Gasteiger partial charge on any atom is 0.303 e. The molecule has 0 bridgehead atoms. The first-order valence-corrected chi connectivity index (χ1v) is 7.48. The van der Waals surface area contributed by atoms with E-state index in [0.717, 1.165) is 24.0 Å². The van der Waals surface area contributed by atoms with Crippen LogP contribution < -0.4 is 0 Å². The van der Waals surface area contributed by atoms with Crippen LogP contribution >= 0.6 is 0 Å². The average molecular weight is 308 g/mol. The van der Waals surface area contributed by atoms with Crippen molar-refractivity contribution in [3.8, 4) is 0 Å². The Morgan fingerprint density at radius 2 is 1.73 bits per heavy atom. The zero-order chi connectivity index (χ0) is 17.1. The Kier molecular flexibility index (Phi) is 9.92. The van der Waals surface area contributed by atoms with Gasteiger partial charge in [-0.2, -0.15) is 0 Å². The van der Waals surface area contributed by atoms with E-state index in [2.05, 4.69) is 26.5 Å². The van der Waals surface area contributed by atoms with Crippen molar-refractivity contribution in [2.24, 2.45) is 0 Å². The molecule has 0 aliphatic carbocycles. The van der Waals surface area contributed by atoms with E-state index in [-0.39, 0.29) is 24.6 Å². The molecule has 0 saturated heterocycles. The normalized spacial score (nSPS) is 12.3. The van der Waals surface area contributed by atoms with Crippen LogP contribution in [0.5, 0.6) is 0 Å². The van der Waals surface area contributed by atoms with E-state index in [0.29, 0.717) is 6.42 Å². The van der Waals surface area contributed by atoms with Gasteiger partial charge < -0.3 is 9.47 Å². The summed E-state index contributed by atoms with van der Waals surface area (Å²) >= 11 is 0. The molecule has 0 aliphatic heterocycles. The first-order valence-electron chi connectivity index (χ1n) is 7.48. The highest BCUT2D eigenvalue weighted by Crippen LogP contribution is 2.15. The lowest BCUT2D eigenvalue weighted by Crippen LogP contribution is -2.17. The van der Waals surface area contributed by atoms with E-state index < -0.39 is 0 Å². The van der Waals surface area contributed by atoms with Gasteiger partial charge in [-0.3, -0.25) is 9.59 Å². The smallest absolute Gasteiger partial charge is 0.303 e. The lowest BCUT2D eigenvalue weighted by molar-refractivity contribution is -0.145. The molecule has 0 fully saturated rings. The summed E-state index contributed by atoms with van der Waals surface area (Å²) in [6.07, 6.45) is 6.09. The summed E-state index contributed by atoms with van der Waals surface area (Å²) in [4.78, 5) is 22.0. The molecular formula is C18H28O4. The van der Waals surface area contributed by atoms with Crippen LogP contribution in [0.25, 0.3) is 0 Å². The van der Waals surface area contributed by atoms with Gasteiger partial charge in [0.2, 0.25) is 0 Å². The van der Waals surface area contributed by atoms with Gasteiger partial charge in [0.25, 0.3) is 0 Å². The summed E-state index contributed by atoms with van der Waals surface area (Å²) in [5, 5.41) is 0. The van der Waals surface area contributed by atoms with Gasteiger partial charge in [0, 0.05) is 20.3 Å². The SMILES string of the molecule is C=C(COC(C)=O)CC(C=C(C)CCC=C(C)C)OC(C)=O. The molecule has 0 aromatic carbocycles. The number of allylic oxidation sites excluding steroid dienone is 3. The van der Waals surface area contributed by atoms with Crippen molar-refractivity contribution in [3.63, 3.8) is 0 Å². The number of carbonyl (C=O) groups excluding carboxylic acids is 2. The van der Waals surface area contributed by atoms with Gasteiger partial charge in [-0.15, -0.1) is 0 Å².